The Morgan fingerprint density at radius 1 is 1.16 bits per heavy atom. The van der Waals surface area contributed by atoms with Crippen LogP contribution in [0.2, 0.25) is 5.02 Å². The number of nitrogens with one attached hydrogen (secondary N) is 2. The Kier molecular flexibility index (Phi) is 9.46. The van der Waals surface area contributed by atoms with Crippen molar-refractivity contribution in [3.8, 4) is 17.2 Å². The number of nitrogens with zero attached hydrogens (tertiary/aromatic N) is 2. The Hall–Kier alpha value is -4.68. The van der Waals surface area contributed by atoms with Gasteiger partial charge in [-0.05, 0) is 31.0 Å². The van der Waals surface area contributed by atoms with Crippen LogP contribution in [0.4, 0.5) is 13.6 Å². The number of carboxylic acids is 1. The molecule has 4 rings (SSSR count). The molecule has 1 unspecified atom stereocenters. The van der Waals surface area contributed by atoms with Gasteiger partial charge in [0, 0.05) is 31.3 Å². The molecule has 2 aromatic rings. The highest BCUT2D eigenvalue weighted by atomic mass is 35.5. The molecule has 1 saturated heterocycles. The highest BCUT2D eigenvalue weighted by molar-refractivity contribution is 6.47. The van der Waals surface area contributed by atoms with E-state index in [0.717, 1.165) is 12.1 Å². The number of phenols is 2. The number of aromatic carboxylic acids is 1. The van der Waals surface area contributed by atoms with Gasteiger partial charge in [-0.25, -0.2) is 18.4 Å². The summed E-state index contributed by atoms with van der Waals surface area (Å²) < 4.78 is 34.4. The summed E-state index contributed by atoms with van der Waals surface area (Å²) in [4.78, 5) is 65.1. The van der Waals surface area contributed by atoms with E-state index in [1.54, 1.807) is 0 Å². The minimum Gasteiger partial charge on any atom is -0.534 e. The van der Waals surface area contributed by atoms with Crippen LogP contribution in [0.1, 0.15) is 33.9 Å². The minimum atomic E-state index is -2.14. The number of carbonyl (C=O) groups is 5. The van der Waals surface area contributed by atoms with Gasteiger partial charge in [0.05, 0.1) is 11.0 Å². The van der Waals surface area contributed by atoms with E-state index in [1.165, 1.54) is 4.90 Å². The number of nitrogens with two attached hydrogens (primary N) is 1. The van der Waals surface area contributed by atoms with Crippen molar-refractivity contribution in [2.45, 2.75) is 24.8 Å². The molecule has 0 spiro atoms. The molecule has 5 amide bonds. The first-order valence-corrected chi connectivity index (χ1v) is 13.3. The number of hydrogen-bond acceptors (Lipinski definition) is 10. The number of aromatic hydroxyl groups is 2. The molecule has 2 aliphatic heterocycles. The van der Waals surface area contributed by atoms with Gasteiger partial charge in [0.2, 0.25) is 5.91 Å². The molecule has 234 valence electrons. The number of hydrogen-bond donors (Lipinski definition) is 7. The number of urea groups is 1. The van der Waals surface area contributed by atoms with Crippen LogP contribution in [0.25, 0.3) is 0 Å². The van der Waals surface area contributed by atoms with Crippen molar-refractivity contribution in [3.63, 3.8) is 0 Å². The number of fused-ring (bicyclic) bond motifs is 1. The number of piperazine rings is 1. The lowest BCUT2D eigenvalue weighted by atomic mass is 9.72. The molecule has 0 aliphatic carbocycles. The average molecular weight is 640 g/mol. The molecule has 19 heteroatoms. The number of amides is 5. The number of phenolic OH excluding ortho intramolecular Hbond substituents is 2. The van der Waals surface area contributed by atoms with Gasteiger partial charge in [-0.15, -0.1) is 0 Å². The normalized spacial score (nSPS) is 17.1. The number of halogens is 3. The first-order chi connectivity index (χ1) is 20.8. The van der Waals surface area contributed by atoms with Crippen LogP contribution in [-0.4, -0.2) is 99.1 Å². The van der Waals surface area contributed by atoms with Gasteiger partial charge in [-0.2, -0.15) is 0 Å². The summed E-state index contributed by atoms with van der Waals surface area (Å²) >= 11 is 6.03. The molecule has 2 aliphatic rings. The quantitative estimate of drug-likeness (QED) is 0.112. The summed E-state index contributed by atoms with van der Waals surface area (Å²) in [6, 6.07) is -1.06. The standard InChI is InChI=1S/C25H25BClF2N5O10/c27-17-15(12(29)9-13(35)19(17)36)18(32-25(42)34-7-6-33(5-1-4-30)22(38)23(34)39)21(37)31-14-8-10-2-3-11(28)16(24(40)41)20(10)44-26(14)43/h2-3,9,14,18,35-36,43H,1,4-8,30H2,(H,31,37)(H,32,42)(H,40,41)/t14-,18?/m0/s1. The monoisotopic (exact) mass is 639 g/mol. The number of imide groups is 1. The van der Waals surface area contributed by atoms with Gasteiger partial charge >= 0.3 is 30.9 Å². The zero-order valence-electron chi connectivity index (χ0n) is 22.6. The van der Waals surface area contributed by atoms with Crippen LogP contribution in [0.5, 0.6) is 17.2 Å². The lowest BCUT2D eigenvalue weighted by molar-refractivity contribution is -0.153. The van der Waals surface area contributed by atoms with Crippen molar-refractivity contribution in [2.24, 2.45) is 5.73 Å². The molecule has 44 heavy (non-hydrogen) atoms. The topological polar surface area (TPSA) is 232 Å². The van der Waals surface area contributed by atoms with Gasteiger partial charge in [0.1, 0.15) is 29.0 Å². The Labute approximate surface area is 252 Å². The molecule has 2 atom stereocenters. The number of carbonyl (C=O) groups excluding carboxylic acids is 4. The number of benzene rings is 2. The molecule has 0 saturated carbocycles. The van der Waals surface area contributed by atoms with Crippen molar-refractivity contribution in [1.82, 2.24) is 20.4 Å². The average Bonchev–Trinajstić information content (AvgIpc) is 2.96. The SMILES string of the molecule is NCCCN1CCN(C(=O)NC(C(=O)N[C@H]2Cc3ccc(F)c(C(=O)O)c3OB2O)c2c(F)cc(O)c(O)c2Cl)C(=O)C1=O. The molecule has 8 N–H and O–H groups in total. The molecular weight excluding hydrogens is 615 g/mol. The Morgan fingerprint density at radius 3 is 2.52 bits per heavy atom. The summed E-state index contributed by atoms with van der Waals surface area (Å²) in [5.74, 6) is -11.6. The van der Waals surface area contributed by atoms with Crippen LogP contribution >= 0.6 is 11.6 Å². The summed E-state index contributed by atoms with van der Waals surface area (Å²) in [7, 11) is -1.96. The molecule has 15 nitrogen and oxygen atoms in total. The molecule has 1 fully saturated rings. The summed E-state index contributed by atoms with van der Waals surface area (Å²) in [6.45, 7) is 0.0358. The third kappa shape index (κ3) is 6.17. The lowest BCUT2D eigenvalue weighted by Gasteiger charge is -2.34. The van der Waals surface area contributed by atoms with E-state index in [-0.39, 0.29) is 38.2 Å². The van der Waals surface area contributed by atoms with Crippen LogP contribution in [0, 0.1) is 11.6 Å². The Morgan fingerprint density at radius 2 is 1.86 bits per heavy atom. The van der Waals surface area contributed by atoms with Gasteiger partial charge in [-0.3, -0.25) is 19.3 Å². The van der Waals surface area contributed by atoms with Gasteiger partial charge in [-0.1, -0.05) is 17.7 Å². The van der Waals surface area contributed by atoms with E-state index in [9.17, 15) is 48.7 Å². The number of rotatable bonds is 8. The fraction of sp³-hybridized carbons (Fsp3) is 0.320. The van der Waals surface area contributed by atoms with E-state index < -0.39 is 93.9 Å². The maximum atomic E-state index is 15.1. The molecule has 0 aromatic heterocycles. The van der Waals surface area contributed by atoms with Crippen molar-refractivity contribution < 1.29 is 57.8 Å². The second-order valence-electron chi connectivity index (χ2n) is 9.77. The van der Waals surface area contributed by atoms with Gasteiger partial charge in [0.15, 0.2) is 11.5 Å². The van der Waals surface area contributed by atoms with Crippen molar-refractivity contribution in [2.75, 3.05) is 26.2 Å². The third-order valence-electron chi connectivity index (χ3n) is 6.97. The van der Waals surface area contributed by atoms with E-state index >= 15 is 4.39 Å². The molecular formula is C25H25BClF2N5O10. The lowest BCUT2D eigenvalue weighted by Crippen LogP contribution is -2.60. The fourth-order valence-corrected chi connectivity index (χ4v) is 5.03. The van der Waals surface area contributed by atoms with Crippen molar-refractivity contribution in [3.05, 3.63) is 51.5 Å². The summed E-state index contributed by atoms with van der Waals surface area (Å²) in [5.41, 5.74) is 3.80. The second kappa shape index (κ2) is 12.9. The van der Waals surface area contributed by atoms with Crippen LogP contribution in [0.15, 0.2) is 18.2 Å². The van der Waals surface area contributed by atoms with Crippen LogP contribution in [0.3, 0.4) is 0 Å². The summed E-state index contributed by atoms with van der Waals surface area (Å²) in [6.07, 6.45) is 0.0710. The molecule has 2 aromatic carbocycles. The molecule has 0 radical (unpaired) electrons. The first-order valence-electron chi connectivity index (χ1n) is 13.0. The van der Waals surface area contributed by atoms with Crippen molar-refractivity contribution in [1.29, 1.82) is 0 Å². The van der Waals surface area contributed by atoms with E-state index in [4.69, 9.17) is 22.0 Å². The van der Waals surface area contributed by atoms with Crippen LogP contribution < -0.4 is 21.0 Å². The maximum absolute atomic E-state index is 15.1. The smallest absolute Gasteiger partial charge is 0.534 e. The van der Waals surface area contributed by atoms with Crippen LogP contribution in [-0.2, 0) is 20.8 Å². The highest BCUT2D eigenvalue weighted by Crippen LogP contribution is 2.40. The van der Waals surface area contributed by atoms with E-state index in [2.05, 4.69) is 10.6 Å². The molecule has 0 bridgehead atoms. The predicted octanol–water partition coefficient (Wildman–Crippen LogP) is -0.362. The van der Waals surface area contributed by atoms with E-state index in [1.807, 2.05) is 0 Å². The van der Waals surface area contributed by atoms with Gasteiger partial charge < -0.3 is 46.3 Å². The highest BCUT2D eigenvalue weighted by Gasteiger charge is 2.42. The predicted molar refractivity (Wildman–Crippen MR) is 146 cm³/mol. The molecule has 2 heterocycles. The maximum Gasteiger partial charge on any atom is 0.547 e. The zero-order valence-corrected chi connectivity index (χ0v) is 23.3. The Bertz CT molecular complexity index is 1550. The number of carboxylic acid groups (broad SMARTS) is 1. The summed E-state index contributed by atoms with van der Waals surface area (Å²) in [5, 5.41) is 43.2. The minimum absolute atomic E-state index is 0.0616. The van der Waals surface area contributed by atoms with Gasteiger partial charge in [0.25, 0.3) is 0 Å². The fourth-order valence-electron chi connectivity index (χ4n) is 4.74. The Balaban J connectivity index is 1.63. The second-order valence-corrected chi connectivity index (χ2v) is 10.1. The van der Waals surface area contributed by atoms with Crippen molar-refractivity contribution >= 4 is 48.4 Å². The largest absolute Gasteiger partial charge is 0.547 e. The van der Waals surface area contributed by atoms with E-state index in [0.29, 0.717) is 17.4 Å². The zero-order chi connectivity index (χ0) is 32.5. The third-order valence-corrected chi connectivity index (χ3v) is 7.35. The first kappa shape index (κ1) is 32.2.